The summed E-state index contributed by atoms with van der Waals surface area (Å²) in [6.45, 7) is 0. The van der Waals surface area contributed by atoms with Gasteiger partial charge < -0.3 is 0 Å². The fourth-order valence-electron chi connectivity index (χ4n) is 2.17. The van der Waals surface area contributed by atoms with Gasteiger partial charge in [-0.15, -0.1) is 11.8 Å². The molecule has 20 heavy (non-hydrogen) atoms. The van der Waals surface area contributed by atoms with Crippen LogP contribution in [-0.2, 0) is 0 Å². The maximum absolute atomic E-state index is 13.0. The first-order chi connectivity index (χ1) is 9.72. The van der Waals surface area contributed by atoms with Crippen LogP contribution >= 0.6 is 23.4 Å². The van der Waals surface area contributed by atoms with Gasteiger partial charge in [-0.1, -0.05) is 23.7 Å². The Morgan fingerprint density at radius 2 is 1.90 bits per heavy atom. The molecule has 4 heteroatoms. The van der Waals surface area contributed by atoms with Crippen molar-refractivity contribution in [2.75, 3.05) is 5.75 Å². The molecule has 1 heterocycles. The maximum atomic E-state index is 13.0. The normalized spacial score (nSPS) is 15.0. The Kier molecular flexibility index (Phi) is 4.08. The first-order valence-corrected chi connectivity index (χ1v) is 7.84. The zero-order valence-corrected chi connectivity index (χ0v) is 12.3. The molecule has 102 valence electrons. The van der Waals surface area contributed by atoms with E-state index in [2.05, 4.69) is 0 Å². The molecule has 0 bridgehead atoms. The molecule has 1 nitrogen and oxygen atoms in total. The van der Waals surface area contributed by atoms with Crippen molar-refractivity contribution >= 4 is 34.8 Å². The van der Waals surface area contributed by atoms with Crippen LogP contribution in [0.1, 0.15) is 18.4 Å². The fraction of sp³-hybridized carbons (Fsp3) is 0.188. The summed E-state index contributed by atoms with van der Waals surface area (Å²) in [5.74, 6) is 0.827. The molecule has 0 aliphatic carbocycles. The highest BCUT2D eigenvalue weighted by Gasteiger charge is 2.11. The minimum atomic E-state index is -0.223. The molecule has 0 radical (unpaired) electrons. The van der Waals surface area contributed by atoms with Crippen LogP contribution in [0.4, 0.5) is 10.1 Å². The Morgan fingerprint density at radius 3 is 2.70 bits per heavy atom. The number of fused-ring (bicyclic) bond motifs is 1. The van der Waals surface area contributed by atoms with E-state index in [1.807, 2.05) is 18.2 Å². The smallest absolute Gasteiger partial charge is 0.123 e. The van der Waals surface area contributed by atoms with Gasteiger partial charge in [0.1, 0.15) is 5.82 Å². The van der Waals surface area contributed by atoms with Crippen LogP contribution in [0.3, 0.4) is 0 Å². The van der Waals surface area contributed by atoms with Crippen LogP contribution in [0.5, 0.6) is 0 Å². The van der Waals surface area contributed by atoms with Gasteiger partial charge in [0.25, 0.3) is 0 Å². The van der Waals surface area contributed by atoms with E-state index in [0.29, 0.717) is 5.02 Å². The zero-order chi connectivity index (χ0) is 13.9. The summed E-state index contributed by atoms with van der Waals surface area (Å²) in [4.78, 5) is 5.90. The molecular formula is C16H13ClFNS. The Bertz CT molecular complexity index is 652. The number of hydrogen-bond acceptors (Lipinski definition) is 2. The average molecular weight is 306 g/mol. The Labute approximate surface area is 126 Å². The number of rotatable bonds is 1. The minimum Gasteiger partial charge on any atom is -0.252 e. The Morgan fingerprint density at radius 1 is 1.10 bits per heavy atom. The highest BCUT2D eigenvalue weighted by molar-refractivity contribution is 7.99. The van der Waals surface area contributed by atoms with E-state index in [0.717, 1.165) is 40.5 Å². The molecule has 0 aromatic heterocycles. The number of nitrogens with zero attached hydrogens (tertiary/aromatic N) is 1. The van der Waals surface area contributed by atoms with Crippen LogP contribution in [0.15, 0.2) is 52.4 Å². The monoisotopic (exact) mass is 305 g/mol. The first kappa shape index (κ1) is 13.7. The average Bonchev–Trinajstić information content (AvgIpc) is 2.42. The lowest BCUT2D eigenvalue weighted by molar-refractivity contribution is 0.627. The summed E-state index contributed by atoms with van der Waals surface area (Å²) in [6.07, 6.45) is 1.95. The molecule has 1 aliphatic rings. The van der Waals surface area contributed by atoms with Crippen molar-refractivity contribution < 1.29 is 4.39 Å². The molecule has 0 atom stereocenters. The number of aliphatic imine (C=N–C) groups is 1. The minimum absolute atomic E-state index is 0.223. The molecule has 3 rings (SSSR count). The van der Waals surface area contributed by atoms with E-state index in [-0.39, 0.29) is 5.82 Å². The van der Waals surface area contributed by atoms with Gasteiger partial charge >= 0.3 is 0 Å². The first-order valence-electron chi connectivity index (χ1n) is 6.48. The quantitative estimate of drug-likeness (QED) is 0.679. The van der Waals surface area contributed by atoms with Gasteiger partial charge in [-0.3, -0.25) is 4.99 Å². The summed E-state index contributed by atoms with van der Waals surface area (Å²) in [5, 5.41) is 0.687. The highest BCUT2D eigenvalue weighted by atomic mass is 35.5. The second kappa shape index (κ2) is 5.98. The largest absolute Gasteiger partial charge is 0.252 e. The molecule has 1 aliphatic heterocycles. The maximum Gasteiger partial charge on any atom is 0.123 e. The number of thioether (sulfide) groups is 1. The zero-order valence-electron chi connectivity index (χ0n) is 10.8. The molecule has 0 fully saturated rings. The SMILES string of the molecule is Fc1ccc(C2=Nc3cc(Cl)ccc3SCCC2)cc1. The molecule has 0 N–H and O–H groups in total. The van der Waals surface area contributed by atoms with E-state index in [1.165, 1.54) is 12.1 Å². The van der Waals surface area contributed by atoms with Crippen LogP contribution in [0.25, 0.3) is 0 Å². The van der Waals surface area contributed by atoms with Crippen LogP contribution in [-0.4, -0.2) is 11.5 Å². The third-order valence-corrected chi connectivity index (χ3v) is 4.55. The topological polar surface area (TPSA) is 12.4 Å². The summed E-state index contributed by atoms with van der Waals surface area (Å²) in [6, 6.07) is 12.3. The second-order valence-corrected chi connectivity index (χ2v) is 6.20. The predicted octanol–water partition coefficient (Wildman–Crippen LogP) is 5.49. The number of benzene rings is 2. The fourth-order valence-corrected chi connectivity index (χ4v) is 3.27. The third-order valence-electron chi connectivity index (χ3n) is 3.17. The highest BCUT2D eigenvalue weighted by Crippen LogP contribution is 2.35. The van der Waals surface area contributed by atoms with Gasteiger partial charge in [0, 0.05) is 15.6 Å². The molecule has 2 aromatic carbocycles. The van der Waals surface area contributed by atoms with E-state index < -0.39 is 0 Å². The van der Waals surface area contributed by atoms with Crippen LogP contribution < -0.4 is 0 Å². The second-order valence-electron chi connectivity index (χ2n) is 4.63. The summed E-state index contributed by atoms with van der Waals surface area (Å²) < 4.78 is 13.0. The molecular weight excluding hydrogens is 293 g/mol. The van der Waals surface area contributed by atoms with Gasteiger partial charge in [-0.25, -0.2) is 4.39 Å². The van der Waals surface area contributed by atoms with Crippen LogP contribution in [0.2, 0.25) is 5.02 Å². The Hall–Kier alpha value is -1.32. The van der Waals surface area contributed by atoms with Gasteiger partial charge in [0.15, 0.2) is 0 Å². The summed E-state index contributed by atoms with van der Waals surface area (Å²) >= 11 is 7.86. The number of hydrogen-bond donors (Lipinski definition) is 0. The molecule has 0 unspecified atom stereocenters. The molecule has 0 saturated carbocycles. The lowest BCUT2D eigenvalue weighted by atomic mass is 10.1. The van der Waals surface area contributed by atoms with E-state index in [1.54, 1.807) is 23.9 Å². The standard InChI is InChI=1S/C16H13ClFNS/c17-12-5-8-16-15(10-12)19-14(2-1-9-20-16)11-3-6-13(18)7-4-11/h3-8,10H,1-2,9H2. The van der Waals surface area contributed by atoms with Crippen molar-refractivity contribution in [1.29, 1.82) is 0 Å². The van der Waals surface area contributed by atoms with E-state index in [9.17, 15) is 4.39 Å². The van der Waals surface area contributed by atoms with E-state index >= 15 is 0 Å². The van der Waals surface area contributed by atoms with Crippen LogP contribution in [0, 0.1) is 5.82 Å². The molecule has 0 saturated heterocycles. The lowest BCUT2D eigenvalue weighted by Crippen LogP contribution is -2.03. The van der Waals surface area contributed by atoms with Gasteiger partial charge in [0.2, 0.25) is 0 Å². The summed E-state index contributed by atoms with van der Waals surface area (Å²) in [7, 11) is 0. The molecule has 0 amide bonds. The van der Waals surface area contributed by atoms with Crippen molar-refractivity contribution in [3.8, 4) is 0 Å². The summed E-state index contributed by atoms with van der Waals surface area (Å²) in [5.41, 5.74) is 2.87. The van der Waals surface area contributed by atoms with Crippen molar-refractivity contribution in [3.05, 3.63) is 58.9 Å². The van der Waals surface area contributed by atoms with Gasteiger partial charge in [-0.05, 0) is 54.5 Å². The number of halogens is 2. The van der Waals surface area contributed by atoms with Crippen molar-refractivity contribution in [1.82, 2.24) is 0 Å². The molecule has 2 aromatic rings. The van der Waals surface area contributed by atoms with E-state index in [4.69, 9.17) is 16.6 Å². The third kappa shape index (κ3) is 3.05. The van der Waals surface area contributed by atoms with Crippen molar-refractivity contribution in [2.24, 2.45) is 4.99 Å². The lowest BCUT2D eigenvalue weighted by Gasteiger charge is -2.13. The van der Waals surface area contributed by atoms with Crippen molar-refractivity contribution in [2.45, 2.75) is 17.7 Å². The molecule has 0 spiro atoms. The van der Waals surface area contributed by atoms with Crippen molar-refractivity contribution in [3.63, 3.8) is 0 Å². The van der Waals surface area contributed by atoms with Gasteiger partial charge in [0.05, 0.1) is 5.69 Å². The Balaban J connectivity index is 2.06. The van der Waals surface area contributed by atoms with Gasteiger partial charge in [-0.2, -0.15) is 0 Å². The predicted molar refractivity (Wildman–Crippen MR) is 84.0 cm³/mol.